The van der Waals surface area contributed by atoms with Gasteiger partial charge in [-0.25, -0.2) is 4.79 Å². The van der Waals surface area contributed by atoms with Crippen molar-refractivity contribution in [3.05, 3.63) is 54.0 Å². The number of carbonyl (C=O) groups is 2. The van der Waals surface area contributed by atoms with Crippen molar-refractivity contribution in [1.29, 1.82) is 0 Å². The van der Waals surface area contributed by atoms with Gasteiger partial charge in [-0.2, -0.15) is 0 Å². The summed E-state index contributed by atoms with van der Waals surface area (Å²) in [5.41, 5.74) is 3.82. The first-order valence-corrected chi connectivity index (χ1v) is 8.73. The second-order valence-corrected chi connectivity index (χ2v) is 6.47. The summed E-state index contributed by atoms with van der Waals surface area (Å²) in [6.07, 6.45) is 3.35. The van der Waals surface area contributed by atoms with E-state index in [1.54, 1.807) is 6.07 Å². The number of aromatic nitrogens is 2. The van der Waals surface area contributed by atoms with Gasteiger partial charge in [-0.3, -0.25) is 9.78 Å². The van der Waals surface area contributed by atoms with Crippen LogP contribution in [0.2, 0.25) is 0 Å². The number of morpholine rings is 1. The third-order valence-electron chi connectivity index (χ3n) is 4.77. The molecule has 0 amide bonds. The van der Waals surface area contributed by atoms with Crippen LogP contribution in [0.15, 0.2) is 42.7 Å². The Morgan fingerprint density at radius 3 is 2.63 bits per heavy atom. The second-order valence-electron chi connectivity index (χ2n) is 6.47. The molecule has 27 heavy (non-hydrogen) atoms. The number of hydrogen-bond donors (Lipinski definition) is 1. The number of rotatable bonds is 4. The highest BCUT2D eigenvalue weighted by atomic mass is 16.5. The molecule has 1 saturated heterocycles. The van der Waals surface area contributed by atoms with Gasteiger partial charge < -0.3 is 19.1 Å². The van der Waals surface area contributed by atoms with Crippen molar-refractivity contribution in [3.63, 3.8) is 0 Å². The highest BCUT2D eigenvalue weighted by molar-refractivity contribution is 5.98. The molecule has 7 nitrogen and oxygen atoms in total. The van der Waals surface area contributed by atoms with Gasteiger partial charge in [-0.05, 0) is 30.3 Å². The van der Waals surface area contributed by atoms with Crippen LogP contribution in [-0.4, -0.2) is 52.5 Å². The van der Waals surface area contributed by atoms with Crippen molar-refractivity contribution in [3.8, 4) is 11.3 Å². The Kier molecular flexibility index (Phi) is 4.37. The van der Waals surface area contributed by atoms with Gasteiger partial charge in [0.2, 0.25) is 0 Å². The molecule has 0 aliphatic carbocycles. The first-order valence-electron chi connectivity index (χ1n) is 8.73. The fraction of sp³-hybridized carbons (Fsp3) is 0.250. The van der Waals surface area contributed by atoms with Gasteiger partial charge in [0.05, 0.1) is 35.7 Å². The standard InChI is InChI=1S/C20H19N3O4/c1-13(24)18-12-16(17-10-14(20(25)26)2-4-21-17)19-11-15(3-5-23(18)19)22-6-8-27-9-7-22/h2-5,10-12H,6-9H2,1H3,(H,25,26). The lowest BCUT2D eigenvalue weighted by Crippen LogP contribution is -2.36. The van der Waals surface area contributed by atoms with Crippen LogP contribution in [0, 0.1) is 0 Å². The Hall–Kier alpha value is -3.19. The fourth-order valence-electron chi connectivity index (χ4n) is 3.39. The quantitative estimate of drug-likeness (QED) is 0.716. The van der Waals surface area contributed by atoms with Crippen molar-refractivity contribution in [2.24, 2.45) is 0 Å². The number of ketones is 1. The highest BCUT2D eigenvalue weighted by Gasteiger charge is 2.18. The normalized spacial score (nSPS) is 14.5. The number of anilines is 1. The molecule has 0 atom stereocenters. The predicted molar refractivity (Wildman–Crippen MR) is 101 cm³/mol. The molecule has 4 heterocycles. The third-order valence-corrected chi connectivity index (χ3v) is 4.77. The smallest absolute Gasteiger partial charge is 0.335 e. The number of fused-ring (bicyclic) bond motifs is 1. The Balaban J connectivity index is 1.89. The van der Waals surface area contributed by atoms with Gasteiger partial charge in [0.15, 0.2) is 5.78 Å². The van der Waals surface area contributed by atoms with Gasteiger partial charge >= 0.3 is 5.97 Å². The lowest BCUT2D eigenvalue weighted by molar-refractivity contribution is 0.0696. The summed E-state index contributed by atoms with van der Waals surface area (Å²) in [6, 6.07) is 8.75. The maximum atomic E-state index is 12.1. The number of Topliss-reactive ketones (excluding diaryl/α,β-unsaturated/α-hetero) is 1. The van der Waals surface area contributed by atoms with Crippen molar-refractivity contribution >= 4 is 23.0 Å². The molecule has 1 aliphatic rings. The summed E-state index contributed by atoms with van der Waals surface area (Å²) in [7, 11) is 0. The van der Waals surface area contributed by atoms with Crippen molar-refractivity contribution in [2.45, 2.75) is 6.92 Å². The first-order chi connectivity index (χ1) is 13.0. The van der Waals surface area contributed by atoms with E-state index in [0.717, 1.165) is 29.9 Å². The zero-order valence-corrected chi connectivity index (χ0v) is 14.9. The zero-order valence-electron chi connectivity index (χ0n) is 14.9. The van der Waals surface area contributed by atoms with Crippen LogP contribution in [-0.2, 0) is 4.74 Å². The van der Waals surface area contributed by atoms with E-state index in [2.05, 4.69) is 9.88 Å². The van der Waals surface area contributed by atoms with Crippen LogP contribution in [0.3, 0.4) is 0 Å². The summed E-state index contributed by atoms with van der Waals surface area (Å²) >= 11 is 0. The van der Waals surface area contributed by atoms with Gasteiger partial charge in [0.25, 0.3) is 0 Å². The molecule has 3 aromatic rings. The zero-order chi connectivity index (χ0) is 19.0. The number of hydrogen-bond acceptors (Lipinski definition) is 5. The molecular formula is C20H19N3O4. The Bertz CT molecular complexity index is 1030. The largest absolute Gasteiger partial charge is 0.478 e. The summed E-state index contributed by atoms with van der Waals surface area (Å²) < 4.78 is 7.25. The van der Waals surface area contributed by atoms with Gasteiger partial charge in [-0.15, -0.1) is 0 Å². The topological polar surface area (TPSA) is 84.1 Å². The van der Waals surface area contributed by atoms with Crippen molar-refractivity contribution < 1.29 is 19.4 Å². The number of carbonyl (C=O) groups excluding carboxylic acids is 1. The molecule has 0 bridgehead atoms. The van der Waals surface area contributed by atoms with E-state index in [1.165, 1.54) is 25.3 Å². The lowest BCUT2D eigenvalue weighted by Gasteiger charge is -2.29. The molecule has 0 radical (unpaired) electrons. The molecule has 0 unspecified atom stereocenters. The molecule has 1 aliphatic heterocycles. The molecule has 1 N–H and O–H groups in total. The van der Waals surface area contributed by atoms with E-state index in [9.17, 15) is 14.7 Å². The summed E-state index contributed by atoms with van der Waals surface area (Å²) in [5.74, 6) is -1.08. The average Bonchev–Trinajstić information content (AvgIpc) is 3.08. The van der Waals surface area contributed by atoms with Crippen LogP contribution in [0.5, 0.6) is 0 Å². The van der Waals surface area contributed by atoms with E-state index in [0.29, 0.717) is 24.6 Å². The maximum absolute atomic E-state index is 12.1. The lowest BCUT2D eigenvalue weighted by atomic mass is 10.1. The minimum atomic E-state index is -1.01. The summed E-state index contributed by atoms with van der Waals surface area (Å²) in [4.78, 5) is 30.0. The molecule has 4 rings (SSSR count). The van der Waals surface area contributed by atoms with Gasteiger partial charge in [-0.1, -0.05) is 0 Å². The third kappa shape index (κ3) is 3.17. The number of aromatic carboxylic acids is 1. The average molecular weight is 365 g/mol. The van der Waals surface area contributed by atoms with Crippen molar-refractivity contribution in [2.75, 3.05) is 31.2 Å². The minimum absolute atomic E-state index is 0.0650. The Morgan fingerprint density at radius 1 is 1.15 bits per heavy atom. The first kappa shape index (κ1) is 17.2. The molecular weight excluding hydrogens is 346 g/mol. The number of ether oxygens (including phenoxy) is 1. The molecule has 138 valence electrons. The molecule has 1 fully saturated rings. The minimum Gasteiger partial charge on any atom is -0.478 e. The van der Waals surface area contributed by atoms with E-state index in [1.807, 2.05) is 22.7 Å². The van der Waals surface area contributed by atoms with Crippen LogP contribution in [0.1, 0.15) is 27.8 Å². The fourth-order valence-corrected chi connectivity index (χ4v) is 3.39. The number of carboxylic acids is 1. The van der Waals surface area contributed by atoms with Gasteiger partial charge in [0, 0.05) is 43.7 Å². The molecule has 0 saturated carbocycles. The SMILES string of the molecule is CC(=O)c1cc(-c2cc(C(=O)O)ccn2)c2cc(N3CCOCC3)ccn12. The maximum Gasteiger partial charge on any atom is 0.335 e. The van der Waals surface area contributed by atoms with E-state index < -0.39 is 5.97 Å². The van der Waals surface area contributed by atoms with Gasteiger partial charge in [0.1, 0.15) is 0 Å². The van der Waals surface area contributed by atoms with E-state index >= 15 is 0 Å². The number of carboxylic acid groups (broad SMARTS) is 1. The molecule has 0 aromatic carbocycles. The van der Waals surface area contributed by atoms with Crippen LogP contribution in [0.25, 0.3) is 16.8 Å². The van der Waals surface area contributed by atoms with Crippen LogP contribution < -0.4 is 4.90 Å². The second kappa shape index (κ2) is 6.85. The Labute approximate surface area is 155 Å². The van der Waals surface area contributed by atoms with Crippen LogP contribution in [0.4, 0.5) is 5.69 Å². The summed E-state index contributed by atoms with van der Waals surface area (Å²) in [6.45, 7) is 4.49. The molecule has 3 aromatic heterocycles. The van der Waals surface area contributed by atoms with Crippen LogP contribution >= 0.6 is 0 Å². The Morgan fingerprint density at radius 2 is 1.93 bits per heavy atom. The monoisotopic (exact) mass is 365 g/mol. The predicted octanol–water partition coefficient (Wildman–Crippen LogP) is 2.74. The van der Waals surface area contributed by atoms with E-state index in [4.69, 9.17) is 4.74 Å². The summed E-state index contributed by atoms with van der Waals surface area (Å²) in [5, 5.41) is 9.27. The van der Waals surface area contributed by atoms with E-state index in [-0.39, 0.29) is 11.3 Å². The van der Waals surface area contributed by atoms with Crippen molar-refractivity contribution in [1.82, 2.24) is 9.38 Å². The highest BCUT2D eigenvalue weighted by Crippen LogP contribution is 2.30. The number of nitrogens with zero attached hydrogens (tertiary/aromatic N) is 3. The molecule has 7 heteroatoms. The molecule has 0 spiro atoms. The number of pyridine rings is 2.